The smallest absolute Gasteiger partial charge is 0.323 e. The summed E-state index contributed by atoms with van der Waals surface area (Å²) in [5, 5.41) is 11.9. The second-order valence-electron chi connectivity index (χ2n) is 2.60. The third-order valence-electron chi connectivity index (χ3n) is 1.68. The number of aliphatic hydroxyl groups excluding tert-OH is 1. The number of hydrogen-bond acceptors (Lipinski definition) is 4. The molecule has 0 aromatic heterocycles. The van der Waals surface area contributed by atoms with Gasteiger partial charge in [0, 0.05) is 13.0 Å². The van der Waals surface area contributed by atoms with Gasteiger partial charge in [-0.25, -0.2) is 0 Å². The lowest BCUT2D eigenvalue weighted by molar-refractivity contribution is -0.145. The molecular weight excluding hydrogens is 146 g/mol. The van der Waals surface area contributed by atoms with E-state index in [0.29, 0.717) is 19.6 Å². The average Bonchev–Trinajstić information content (AvgIpc) is 2.36. The summed E-state index contributed by atoms with van der Waals surface area (Å²) in [5.41, 5.74) is 0. The van der Waals surface area contributed by atoms with Gasteiger partial charge in [0.15, 0.2) is 0 Å². The van der Waals surface area contributed by atoms with Crippen molar-refractivity contribution in [1.82, 2.24) is 5.32 Å². The monoisotopic (exact) mass is 159 g/mol. The molecule has 2 N–H and O–H groups in total. The van der Waals surface area contributed by atoms with Gasteiger partial charge in [-0.1, -0.05) is 0 Å². The Bertz CT molecular complexity index is 149. The Morgan fingerprint density at radius 3 is 3.00 bits per heavy atom. The summed E-state index contributed by atoms with van der Waals surface area (Å²) < 4.78 is 4.76. The predicted molar refractivity (Wildman–Crippen MR) is 39.0 cm³/mol. The normalized spacial score (nSPS) is 30.4. The van der Waals surface area contributed by atoms with Crippen LogP contribution in [0.15, 0.2) is 0 Å². The molecule has 4 nitrogen and oxygen atoms in total. The van der Waals surface area contributed by atoms with Crippen LogP contribution in [0.2, 0.25) is 0 Å². The molecule has 1 unspecified atom stereocenters. The molecule has 11 heavy (non-hydrogen) atoms. The summed E-state index contributed by atoms with van der Waals surface area (Å²) in [4.78, 5) is 11.0. The Balaban J connectivity index is 2.31. The molecule has 0 aliphatic carbocycles. The first kappa shape index (κ1) is 8.49. The Hall–Kier alpha value is -0.610. The molecule has 4 heteroatoms. The minimum Gasteiger partial charge on any atom is -0.465 e. The maximum absolute atomic E-state index is 11.0. The summed E-state index contributed by atoms with van der Waals surface area (Å²) in [5.74, 6) is -0.260. The molecule has 0 spiro atoms. The molecule has 1 fully saturated rings. The van der Waals surface area contributed by atoms with Crippen molar-refractivity contribution in [2.45, 2.75) is 25.5 Å². The van der Waals surface area contributed by atoms with Crippen LogP contribution in [0.3, 0.4) is 0 Å². The zero-order chi connectivity index (χ0) is 8.27. The van der Waals surface area contributed by atoms with Gasteiger partial charge in [0.05, 0.1) is 12.7 Å². The SMILES string of the molecule is CCOC(=O)[C@H]1CC(O)CN1. The van der Waals surface area contributed by atoms with Gasteiger partial charge in [-0.05, 0) is 6.92 Å². The van der Waals surface area contributed by atoms with Crippen LogP contribution in [-0.2, 0) is 9.53 Å². The van der Waals surface area contributed by atoms with Crippen LogP contribution < -0.4 is 5.32 Å². The largest absolute Gasteiger partial charge is 0.465 e. The second kappa shape index (κ2) is 3.69. The number of rotatable bonds is 2. The van der Waals surface area contributed by atoms with Crippen molar-refractivity contribution in [3.8, 4) is 0 Å². The van der Waals surface area contributed by atoms with Gasteiger partial charge >= 0.3 is 5.97 Å². The summed E-state index contributed by atoms with van der Waals surface area (Å²) in [6, 6.07) is -0.301. The zero-order valence-corrected chi connectivity index (χ0v) is 6.54. The number of β-amino-alcohol motifs (C(OH)–C–C–N with tert-alkyl or cyclic N) is 1. The van der Waals surface area contributed by atoms with Crippen LogP contribution in [0.4, 0.5) is 0 Å². The fraction of sp³-hybridized carbons (Fsp3) is 0.857. The van der Waals surface area contributed by atoms with E-state index in [9.17, 15) is 4.79 Å². The highest BCUT2D eigenvalue weighted by Gasteiger charge is 2.28. The standard InChI is InChI=1S/C7H13NO3/c1-2-11-7(10)6-3-5(9)4-8-6/h5-6,8-9H,2-4H2,1H3/t5?,6-/m1/s1. The summed E-state index contributed by atoms with van der Waals surface area (Å²) >= 11 is 0. The van der Waals surface area contributed by atoms with Crippen molar-refractivity contribution in [2.75, 3.05) is 13.2 Å². The van der Waals surface area contributed by atoms with Gasteiger partial charge in [-0.2, -0.15) is 0 Å². The first-order valence-electron chi connectivity index (χ1n) is 3.82. The zero-order valence-electron chi connectivity index (χ0n) is 6.54. The van der Waals surface area contributed by atoms with E-state index in [-0.39, 0.29) is 12.0 Å². The van der Waals surface area contributed by atoms with Crippen molar-refractivity contribution < 1.29 is 14.6 Å². The van der Waals surface area contributed by atoms with Gasteiger partial charge in [-0.15, -0.1) is 0 Å². The first-order valence-corrected chi connectivity index (χ1v) is 3.82. The molecule has 0 aromatic rings. The van der Waals surface area contributed by atoms with Crippen LogP contribution in [-0.4, -0.2) is 36.4 Å². The van der Waals surface area contributed by atoms with E-state index in [1.54, 1.807) is 6.92 Å². The van der Waals surface area contributed by atoms with E-state index in [4.69, 9.17) is 9.84 Å². The summed E-state index contributed by atoms with van der Waals surface area (Å²) in [7, 11) is 0. The number of nitrogens with one attached hydrogen (secondary N) is 1. The highest BCUT2D eigenvalue weighted by molar-refractivity contribution is 5.76. The highest BCUT2D eigenvalue weighted by Crippen LogP contribution is 2.07. The summed E-state index contributed by atoms with van der Waals surface area (Å²) in [6.07, 6.45) is 0.0724. The predicted octanol–water partition coefficient (Wildman–Crippen LogP) is -0.728. The number of carbonyl (C=O) groups is 1. The van der Waals surface area contributed by atoms with Crippen molar-refractivity contribution in [3.05, 3.63) is 0 Å². The van der Waals surface area contributed by atoms with Crippen LogP contribution in [0, 0.1) is 0 Å². The van der Waals surface area contributed by atoms with E-state index in [1.807, 2.05) is 0 Å². The van der Waals surface area contributed by atoms with Gasteiger partial charge in [-0.3, -0.25) is 4.79 Å². The Morgan fingerprint density at radius 1 is 1.82 bits per heavy atom. The molecule has 1 heterocycles. The first-order chi connectivity index (χ1) is 5.24. The minimum absolute atomic E-state index is 0.260. The van der Waals surface area contributed by atoms with E-state index in [0.717, 1.165) is 0 Å². The van der Waals surface area contributed by atoms with Gasteiger partial charge < -0.3 is 15.2 Å². The van der Waals surface area contributed by atoms with Crippen LogP contribution in [0.25, 0.3) is 0 Å². The number of aliphatic hydroxyl groups is 1. The summed E-state index contributed by atoms with van der Waals surface area (Å²) in [6.45, 7) is 2.65. The topological polar surface area (TPSA) is 58.6 Å². The molecule has 0 aromatic carbocycles. The van der Waals surface area contributed by atoms with Gasteiger partial charge in [0.1, 0.15) is 6.04 Å². The molecule has 0 radical (unpaired) electrons. The molecule has 1 aliphatic rings. The highest BCUT2D eigenvalue weighted by atomic mass is 16.5. The fourth-order valence-electron chi connectivity index (χ4n) is 1.14. The molecule has 0 amide bonds. The lowest BCUT2D eigenvalue weighted by atomic mass is 10.2. The van der Waals surface area contributed by atoms with Gasteiger partial charge in [0.25, 0.3) is 0 Å². The lowest BCUT2D eigenvalue weighted by Crippen LogP contribution is -2.32. The third-order valence-corrected chi connectivity index (χ3v) is 1.68. The number of hydrogen-bond donors (Lipinski definition) is 2. The van der Waals surface area contributed by atoms with Crippen LogP contribution in [0.5, 0.6) is 0 Å². The fourth-order valence-corrected chi connectivity index (χ4v) is 1.14. The van der Waals surface area contributed by atoms with Crippen LogP contribution in [0.1, 0.15) is 13.3 Å². The number of ether oxygens (including phenoxy) is 1. The molecule has 0 saturated carbocycles. The molecular formula is C7H13NO3. The van der Waals surface area contributed by atoms with E-state index in [1.165, 1.54) is 0 Å². The minimum atomic E-state index is -0.399. The molecule has 64 valence electrons. The Labute approximate surface area is 65.5 Å². The molecule has 1 saturated heterocycles. The lowest BCUT2D eigenvalue weighted by Gasteiger charge is -2.07. The maximum Gasteiger partial charge on any atom is 0.323 e. The molecule has 2 atom stereocenters. The maximum atomic E-state index is 11.0. The number of carbonyl (C=O) groups excluding carboxylic acids is 1. The molecule has 0 bridgehead atoms. The van der Waals surface area contributed by atoms with E-state index >= 15 is 0 Å². The average molecular weight is 159 g/mol. The number of esters is 1. The van der Waals surface area contributed by atoms with E-state index in [2.05, 4.69) is 5.32 Å². The molecule has 1 aliphatic heterocycles. The van der Waals surface area contributed by atoms with Crippen molar-refractivity contribution in [1.29, 1.82) is 0 Å². The Morgan fingerprint density at radius 2 is 2.55 bits per heavy atom. The van der Waals surface area contributed by atoms with E-state index < -0.39 is 6.10 Å². The Kier molecular flexibility index (Phi) is 2.84. The van der Waals surface area contributed by atoms with Crippen molar-refractivity contribution in [2.24, 2.45) is 0 Å². The van der Waals surface area contributed by atoms with Crippen molar-refractivity contribution in [3.63, 3.8) is 0 Å². The second-order valence-corrected chi connectivity index (χ2v) is 2.60. The van der Waals surface area contributed by atoms with Gasteiger partial charge in [0.2, 0.25) is 0 Å². The van der Waals surface area contributed by atoms with Crippen LogP contribution >= 0.6 is 0 Å². The third kappa shape index (κ3) is 2.17. The quantitative estimate of drug-likeness (QED) is 0.522. The molecule has 1 rings (SSSR count). The van der Waals surface area contributed by atoms with Crippen molar-refractivity contribution >= 4 is 5.97 Å².